The first-order valence-electron chi connectivity index (χ1n) is 7.56. The van der Waals surface area contributed by atoms with Crippen LogP contribution in [0.4, 0.5) is 25.8 Å². The maximum Gasteiger partial charge on any atom is 0.257 e. The second-order valence-electron chi connectivity index (χ2n) is 5.54. The summed E-state index contributed by atoms with van der Waals surface area (Å²) >= 11 is 0. The van der Waals surface area contributed by atoms with E-state index in [2.05, 4.69) is 15.6 Å². The van der Waals surface area contributed by atoms with Crippen molar-refractivity contribution < 1.29 is 13.6 Å². The van der Waals surface area contributed by atoms with Crippen molar-refractivity contribution in [2.45, 2.75) is 6.92 Å². The number of carbonyl (C=O) groups is 1. The first-order chi connectivity index (χ1) is 12.0. The summed E-state index contributed by atoms with van der Waals surface area (Å²) in [5.74, 6) is -2.46. The van der Waals surface area contributed by atoms with Gasteiger partial charge in [0, 0.05) is 23.6 Å². The summed E-state index contributed by atoms with van der Waals surface area (Å²) < 4.78 is 26.2. The summed E-state index contributed by atoms with van der Waals surface area (Å²) in [6.45, 7) is 1.99. The lowest BCUT2D eigenvalue weighted by Gasteiger charge is -2.09. The van der Waals surface area contributed by atoms with E-state index in [1.807, 2.05) is 31.2 Å². The van der Waals surface area contributed by atoms with E-state index in [0.717, 1.165) is 23.4 Å². The Morgan fingerprint density at radius 2 is 1.60 bits per heavy atom. The Morgan fingerprint density at radius 1 is 0.880 bits per heavy atom. The second kappa shape index (κ2) is 7.09. The molecule has 0 aliphatic carbocycles. The van der Waals surface area contributed by atoms with Gasteiger partial charge in [-0.2, -0.15) is 0 Å². The Kier molecular flexibility index (Phi) is 4.70. The van der Waals surface area contributed by atoms with Crippen LogP contribution in [0.25, 0.3) is 0 Å². The lowest BCUT2D eigenvalue weighted by atomic mass is 10.2. The maximum atomic E-state index is 13.2. The molecule has 2 N–H and O–H groups in total. The summed E-state index contributed by atoms with van der Waals surface area (Å²) in [6.07, 6.45) is 2.99. The number of rotatable bonds is 4. The fourth-order valence-electron chi connectivity index (χ4n) is 2.21. The van der Waals surface area contributed by atoms with Gasteiger partial charge in [-0.3, -0.25) is 9.78 Å². The van der Waals surface area contributed by atoms with Gasteiger partial charge in [0.1, 0.15) is 0 Å². The fourth-order valence-corrected chi connectivity index (χ4v) is 2.21. The molecule has 0 atom stereocenters. The highest BCUT2D eigenvalue weighted by Gasteiger charge is 2.10. The molecule has 0 spiro atoms. The minimum absolute atomic E-state index is 0.167. The normalized spacial score (nSPS) is 10.4. The van der Waals surface area contributed by atoms with Gasteiger partial charge in [0.25, 0.3) is 5.91 Å². The van der Waals surface area contributed by atoms with Crippen LogP contribution in [-0.2, 0) is 0 Å². The first-order valence-corrected chi connectivity index (χ1v) is 7.56. The molecule has 1 aromatic heterocycles. The molecule has 3 aromatic rings. The molecule has 1 heterocycles. The van der Waals surface area contributed by atoms with Crippen molar-refractivity contribution in [1.82, 2.24) is 4.98 Å². The standard InChI is InChI=1S/C19H15F2N3O/c1-12-2-4-14(5-3-12)23-16-8-13(10-22-11-16)19(25)24-15-6-7-17(20)18(21)9-15/h2-11,23H,1H3,(H,24,25). The molecule has 6 heteroatoms. The number of hydrogen-bond donors (Lipinski definition) is 2. The largest absolute Gasteiger partial charge is 0.354 e. The Hall–Kier alpha value is -3.28. The van der Waals surface area contributed by atoms with Gasteiger partial charge >= 0.3 is 0 Å². The molecule has 0 radical (unpaired) electrons. The van der Waals surface area contributed by atoms with Gasteiger partial charge in [0.15, 0.2) is 11.6 Å². The number of benzene rings is 2. The Morgan fingerprint density at radius 3 is 2.32 bits per heavy atom. The Bertz CT molecular complexity index is 911. The van der Waals surface area contributed by atoms with E-state index >= 15 is 0 Å². The van der Waals surface area contributed by atoms with Crippen molar-refractivity contribution in [3.05, 3.63) is 83.7 Å². The number of halogens is 2. The number of carbonyl (C=O) groups excluding carboxylic acids is 1. The summed E-state index contributed by atoms with van der Waals surface area (Å²) in [4.78, 5) is 16.3. The van der Waals surface area contributed by atoms with Crippen LogP contribution in [0, 0.1) is 18.6 Å². The first kappa shape index (κ1) is 16.6. The molecule has 0 unspecified atom stereocenters. The van der Waals surface area contributed by atoms with Crippen molar-refractivity contribution in [3.8, 4) is 0 Å². The zero-order chi connectivity index (χ0) is 17.8. The summed E-state index contributed by atoms with van der Waals surface area (Å²) in [5, 5.41) is 5.67. The third-order valence-electron chi connectivity index (χ3n) is 3.52. The second-order valence-corrected chi connectivity index (χ2v) is 5.54. The number of anilines is 3. The minimum atomic E-state index is -1.02. The molecule has 25 heavy (non-hydrogen) atoms. The van der Waals surface area contributed by atoms with Crippen molar-refractivity contribution in [3.63, 3.8) is 0 Å². The Labute approximate surface area is 143 Å². The fraction of sp³-hybridized carbons (Fsp3) is 0.0526. The SMILES string of the molecule is Cc1ccc(Nc2cncc(C(=O)Nc3ccc(F)c(F)c3)c2)cc1. The molecule has 0 saturated heterocycles. The number of nitrogens with one attached hydrogen (secondary N) is 2. The zero-order valence-corrected chi connectivity index (χ0v) is 13.4. The predicted octanol–water partition coefficient (Wildman–Crippen LogP) is 4.66. The number of aromatic nitrogens is 1. The third kappa shape index (κ3) is 4.17. The van der Waals surface area contributed by atoms with Gasteiger partial charge in [-0.05, 0) is 37.3 Å². The molecule has 0 aliphatic rings. The van der Waals surface area contributed by atoms with Crippen LogP contribution in [0.5, 0.6) is 0 Å². The van der Waals surface area contributed by atoms with Crippen LogP contribution in [0.15, 0.2) is 60.9 Å². The van der Waals surface area contributed by atoms with Gasteiger partial charge in [-0.25, -0.2) is 8.78 Å². The molecule has 0 bridgehead atoms. The molecule has 1 amide bonds. The van der Waals surface area contributed by atoms with Crippen LogP contribution in [0.3, 0.4) is 0 Å². The molecular weight excluding hydrogens is 324 g/mol. The number of amides is 1. The zero-order valence-electron chi connectivity index (χ0n) is 13.4. The van der Waals surface area contributed by atoms with Crippen molar-refractivity contribution in [2.75, 3.05) is 10.6 Å². The molecule has 0 fully saturated rings. The van der Waals surface area contributed by atoms with E-state index < -0.39 is 17.5 Å². The van der Waals surface area contributed by atoms with Crippen molar-refractivity contribution >= 4 is 23.0 Å². The van der Waals surface area contributed by atoms with Crippen LogP contribution < -0.4 is 10.6 Å². The quantitative estimate of drug-likeness (QED) is 0.727. The number of aryl methyl sites for hydroxylation is 1. The summed E-state index contributed by atoms with van der Waals surface area (Å²) in [7, 11) is 0. The average molecular weight is 339 g/mol. The minimum Gasteiger partial charge on any atom is -0.354 e. The average Bonchev–Trinajstić information content (AvgIpc) is 2.60. The number of nitrogens with zero attached hydrogens (tertiary/aromatic N) is 1. The van der Waals surface area contributed by atoms with E-state index in [9.17, 15) is 13.6 Å². The molecule has 4 nitrogen and oxygen atoms in total. The van der Waals surface area contributed by atoms with Gasteiger partial charge in [-0.15, -0.1) is 0 Å². The Balaban J connectivity index is 1.74. The summed E-state index contributed by atoms with van der Waals surface area (Å²) in [6, 6.07) is 12.6. The summed E-state index contributed by atoms with van der Waals surface area (Å²) in [5.41, 5.74) is 3.11. The van der Waals surface area contributed by atoms with Crippen LogP contribution in [0.2, 0.25) is 0 Å². The highest BCUT2D eigenvalue weighted by Crippen LogP contribution is 2.19. The lowest BCUT2D eigenvalue weighted by molar-refractivity contribution is 0.102. The molecule has 3 rings (SSSR count). The van der Waals surface area contributed by atoms with Gasteiger partial charge < -0.3 is 10.6 Å². The van der Waals surface area contributed by atoms with Crippen LogP contribution in [0.1, 0.15) is 15.9 Å². The van der Waals surface area contributed by atoms with E-state index in [1.165, 1.54) is 12.3 Å². The van der Waals surface area contributed by atoms with Gasteiger partial charge in [0.05, 0.1) is 17.4 Å². The highest BCUT2D eigenvalue weighted by molar-refractivity contribution is 6.04. The lowest BCUT2D eigenvalue weighted by Crippen LogP contribution is -2.12. The third-order valence-corrected chi connectivity index (χ3v) is 3.52. The van der Waals surface area contributed by atoms with Gasteiger partial charge in [0.2, 0.25) is 0 Å². The molecule has 2 aromatic carbocycles. The maximum absolute atomic E-state index is 13.2. The van der Waals surface area contributed by atoms with E-state index in [-0.39, 0.29) is 5.69 Å². The van der Waals surface area contributed by atoms with E-state index in [0.29, 0.717) is 11.3 Å². The number of pyridine rings is 1. The molecule has 0 aliphatic heterocycles. The van der Waals surface area contributed by atoms with Crippen molar-refractivity contribution in [2.24, 2.45) is 0 Å². The number of hydrogen-bond acceptors (Lipinski definition) is 3. The predicted molar refractivity (Wildman–Crippen MR) is 93.0 cm³/mol. The monoisotopic (exact) mass is 339 g/mol. The van der Waals surface area contributed by atoms with E-state index in [4.69, 9.17) is 0 Å². The smallest absolute Gasteiger partial charge is 0.257 e. The topological polar surface area (TPSA) is 54.0 Å². The highest BCUT2D eigenvalue weighted by atomic mass is 19.2. The van der Waals surface area contributed by atoms with Crippen molar-refractivity contribution in [1.29, 1.82) is 0 Å². The molecule has 126 valence electrons. The van der Waals surface area contributed by atoms with E-state index in [1.54, 1.807) is 12.3 Å². The van der Waals surface area contributed by atoms with Crippen LogP contribution in [-0.4, -0.2) is 10.9 Å². The molecular formula is C19H15F2N3O. The van der Waals surface area contributed by atoms with Crippen LogP contribution >= 0.6 is 0 Å². The van der Waals surface area contributed by atoms with Gasteiger partial charge in [-0.1, -0.05) is 17.7 Å². The molecule has 0 saturated carbocycles.